The van der Waals surface area contributed by atoms with E-state index in [1.54, 1.807) is 0 Å². The second-order valence-corrected chi connectivity index (χ2v) is 5.75. The van der Waals surface area contributed by atoms with Gasteiger partial charge in [-0.25, -0.2) is 0 Å². The molecule has 0 spiro atoms. The molecule has 2 aromatic carbocycles. The fourth-order valence-corrected chi connectivity index (χ4v) is 3.18. The summed E-state index contributed by atoms with van der Waals surface area (Å²) in [6, 6.07) is 15.4. The Kier molecular flexibility index (Phi) is 4.26. The van der Waals surface area contributed by atoms with Crippen LogP contribution in [0, 0.1) is 6.92 Å². The molecule has 0 aliphatic heterocycles. The van der Waals surface area contributed by atoms with Crippen molar-refractivity contribution < 1.29 is 4.74 Å². The monoisotopic (exact) mass is 281 g/mol. The summed E-state index contributed by atoms with van der Waals surface area (Å²) in [6.07, 6.45) is 2.28. The van der Waals surface area contributed by atoms with Gasteiger partial charge in [0.05, 0.1) is 0 Å². The molecule has 2 heteroatoms. The molecule has 2 nitrogen and oxygen atoms in total. The third-order valence-corrected chi connectivity index (χ3v) is 4.16. The zero-order valence-corrected chi connectivity index (χ0v) is 12.9. The van der Waals surface area contributed by atoms with Gasteiger partial charge in [-0.3, -0.25) is 0 Å². The number of nitrogens with one attached hydrogen (secondary N) is 1. The molecule has 0 saturated heterocycles. The number of hydrogen-bond acceptors (Lipinski definition) is 2. The minimum Gasteiger partial charge on any atom is -0.489 e. The number of rotatable bonds is 5. The highest BCUT2D eigenvalue weighted by Gasteiger charge is 2.24. The lowest BCUT2D eigenvalue weighted by molar-refractivity contribution is 0.303. The molecule has 0 fully saturated rings. The predicted octanol–water partition coefficient (Wildman–Crippen LogP) is 4.17. The van der Waals surface area contributed by atoms with Crippen molar-refractivity contribution in [2.45, 2.75) is 39.3 Å². The minimum atomic E-state index is 0.493. The standard InChI is InChI=1S/C19H23NO/c1-3-20-18-11-10-17-16(18)8-5-9-19(17)21-13-15-7-4-6-14(2)12-15/h4-9,12,18,20H,3,10-11,13H2,1-2H3. The van der Waals surface area contributed by atoms with Crippen LogP contribution in [-0.4, -0.2) is 6.54 Å². The lowest BCUT2D eigenvalue weighted by atomic mass is 10.1. The first-order valence-corrected chi connectivity index (χ1v) is 7.81. The van der Waals surface area contributed by atoms with Crippen LogP contribution < -0.4 is 10.1 Å². The van der Waals surface area contributed by atoms with Gasteiger partial charge < -0.3 is 10.1 Å². The van der Waals surface area contributed by atoms with Gasteiger partial charge in [0.25, 0.3) is 0 Å². The van der Waals surface area contributed by atoms with Gasteiger partial charge in [-0.2, -0.15) is 0 Å². The van der Waals surface area contributed by atoms with Crippen LogP contribution in [0.5, 0.6) is 5.75 Å². The van der Waals surface area contributed by atoms with Crippen molar-refractivity contribution in [3.8, 4) is 5.75 Å². The molecule has 0 aromatic heterocycles. The number of fused-ring (bicyclic) bond motifs is 1. The second kappa shape index (κ2) is 6.31. The van der Waals surface area contributed by atoms with Gasteiger partial charge in [-0.15, -0.1) is 0 Å². The minimum absolute atomic E-state index is 0.493. The van der Waals surface area contributed by atoms with E-state index in [-0.39, 0.29) is 0 Å². The van der Waals surface area contributed by atoms with Crippen LogP contribution in [0.25, 0.3) is 0 Å². The largest absolute Gasteiger partial charge is 0.489 e. The van der Waals surface area contributed by atoms with Gasteiger partial charge in [0, 0.05) is 6.04 Å². The lowest BCUT2D eigenvalue weighted by Gasteiger charge is -2.14. The quantitative estimate of drug-likeness (QED) is 0.888. The van der Waals surface area contributed by atoms with Crippen LogP contribution in [0.15, 0.2) is 42.5 Å². The van der Waals surface area contributed by atoms with E-state index >= 15 is 0 Å². The van der Waals surface area contributed by atoms with E-state index in [0.29, 0.717) is 12.6 Å². The van der Waals surface area contributed by atoms with Crippen molar-refractivity contribution in [2.75, 3.05) is 6.54 Å². The van der Waals surface area contributed by atoms with Crippen LogP contribution >= 0.6 is 0 Å². The van der Waals surface area contributed by atoms with E-state index in [1.165, 1.54) is 28.7 Å². The molecule has 3 rings (SSSR count). The molecule has 0 saturated carbocycles. The Morgan fingerprint density at radius 3 is 2.86 bits per heavy atom. The molecule has 0 bridgehead atoms. The summed E-state index contributed by atoms with van der Waals surface area (Å²) in [6.45, 7) is 5.93. The van der Waals surface area contributed by atoms with E-state index in [4.69, 9.17) is 4.74 Å². The van der Waals surface area contributed by atoms with Crippen molar-refractivity contribution in [1.82, 2.24) is 5.32 Å². The van der Waals surface area contributed by atoms with Crippen LogP contribution in [0.4, 0.5) is 0 Å². The van der Waals surface area contributed by atoms with Crippen LogP contribution in [0.1, 0.15) is 41.6 Å². The zero-order valence-electron chi connectivity index (χ0n) is 12.9. The van der Waals surface area contributed by atoms with Gasteiger partial charge in [-0.1, -0.05) is 48.9 Å². The molecule has 21 heavy (non-hydrogen) atoms. The molecule has 1 aliphatic rings. The Morgan fingerprint density at radius 2 is 2.05 bits per heavy atom. The van der Waals surface area contributed by atoms with Crippen LogP contribution in [0.3, 0.4) is 0 Å². The number of hydrogen-bond donors (Lipinski definition) is 1. The second-order valence-electron chi connectivity index (χ2n) is 5.75. The maximum absolute atomic E-state index is 6.09. The molecular formula is C19H23NO. The van der Waals surface area contributed by atoms with E-state index in [0.717, 1.165) is 18.7 Å². The molecule has 110 valence electrons. The van der Waals surface area contributed by atoms with Crippen molar-refractivity contribution in [1.29, 1.82) is 0 Å². The molecular weight excluding hydrogens is 258 g/mol. The smallest absolute Gasteiger partial charge is 0.123 e. The fraction of sp³-hybridized carbons (Fsp3) is 0.368. The summed E-state index contributed by atoms with van der Waals surface area (Å²) in [5.41, 5.74) is 5.31. The van der Waals surface area contributed by atoms with Crippen LogP contribution in [0.2, 0.25) is 0 Å². The summed E-state index contributed by atoms with van der Waals surface area (Å²) < 4.78 is 6.09. The molecule has 0 amide bonds. The molecule has 1 N–H and O–H groups in total. The summed E-state index contributed by atoms with van der Waals surface area (Å²) >= 11 is 0. The van der Waals surface area contributed by atoms with Gasteiger partial charge in [0.2, 0.25) is 0 Å². The summed E-state index contributed by atoms with van der Waals surface area (Å²) in [7, 11) is 0. The summed E-state index contributed by atoms with van der Waals surface area (Å²) in [5, 5.41) is 3.55. The Morgan fingerprint density at radius 1 is 1.19 bits per heavy atom. The maximum atomic E-state index is 6.09. The van der Waals surface area contributed by atoms with E-state index in [2.05, 4.69) is 61.6 Å². The Balaban J connectivity index is 1.75. The third-order valence-electron chi connectivity index (χ3n) is 4.16. The topological polar surface area (TPSA) is 21.3 Å². The predicted molar refractivity (Wildman–Crippen MR) is 86.7 cm³/mol. The highest BCUT2D eigenvalue weighted by molar-refractivity contribution is 5.45. The molecule has 0 radical (unpaired) electrons. The highest BCUT2D eigenvalue weighted by atomic mass is 16.5. The number of benzene rings is 2. The van der Waals surface area contributed by atoms with E-state index < -0.39 is 0 Å². The first-order chi connectivity index (χ1) is 10.3. The van der Waals surface area contributed by atoms with E-state index in [9.17, 15) is 0 Å². The molecule has 1 aliphatic carbocycles. The average molecular weight is 281 g/mol. The Hall–Kier alpha value is -1.80. The lowest BCUT2D eigenvalue weighted by Crippen LogP contribution is -2.18. The molecule has 0 heterocycles. The molecule has 1 unspecified atom stereocenters. The van der Waals surface area contributed by atoms with Crippen molar-refractivity contribution in [3.63, 3.8) is 0 Å². The number of ether oxygens (including phenoxy) is 1. The van der Waals surface area contributed by atoms with Crippen molar-refractivity contribution in [3.05, 3.63) is 64.7 Å². The van der Waals surface area contributed by atoms with Crippen molar-refractivity contribution >= 4 is 0 Å². The normalized spacial score (nSPS) is 16.8. The first kappa shape index (κ1) is 14.2. The van der Waals surface area contributed by atoms with Crippen LogP contribution in [-0.2, 0) is 13.0 Å². The Bertz CT molecular complexity index is 621. The van der Waals surface area contributed by atoms with Crippen molar-refractivity contribution in [2.24, 2.45) is 0 Å². The Labute approximate surface area is 127 Å². The molecule has 2 aromatic rings. The highest BCUT2D eigenvalue weighted by Crippen LogP contribution is 2.37. The first-order valence-electron chi connectivity index (χ1n) is 7.81. The average Bonchev–Trinajstić information content (AvgIpc) is 2.90. The fourth-order valence-electron chi connectivity index (χ4n) is 3.18. The van der Waals surface area contributed by atoms with Gasteiger partial charge in [0.15, 0.2) is 0 Å². The van der Waals surface area contributed by atoms with Gasteiger partial charge >= 0.3 is 0 Å². The summed E-state index contributed by atoms with van der Waals surface area (Å²) in [4.78, 5) is 0. The third kappa shape index (κ3) is 3.11. The van der Waals surface area contributed by atoms with E-state index in [1.807, 2.05) is 0 Å². The SMILES string of the molecule is CCNC1CCc2c(OCc3cccc(C)c3)cccc21. The van der Waals surface area contributed by atoms with Gasteiger partial charge in [-0.05, 0) is 49.1 Å². The maximum Gasteiger partial charge on any atom is 0.123 e. The number of aryl methyl sites for hydroxylation is 1. The molecule has 1 atom stereocenters. The summed E-state index contributed by atoms with van der Waals surface area (Å²) in [5.74, 6) is 1.05. The van der Waals surface area contributed by atoms with Gasteiger partial charge in [0.1, 0.15) is 12.4 Å². The zero-order chi connectivity index (χ0) is 14.7.